The summed E-state index contributed by atoms with van der Waals surface area (Å²) >= 11 is 5.39. The molecule has 0 spiro atoms. The van der Waals surface area contributed by atoms with Crippen molar-refractivity contribution in [1.29, 1.82) is 0 Å². The van der Waals surface area contributed by atoms with E-state index in [0.29, 0.717) is 17.7 Å². The maximum absolute atomic E-state index is 12.6. The molecule has 0 fully saturated rings. The van der Waals surface area contributed by atoms with Crippen LogP contribution in [0.25, 0.3) is 0 Å². The Morgan fingerprint density at radius 2 is 1.96 bits per heavy atom. The maximum atomic E-state index is 12.6. The fraction of sp³-hybridized carbons (Fsp3) is 0.500. The number of carbonyl (C=O) groups is 2. The molecule has 1 unspecified atom stereocenters. The van der Waals surface area contributed by atoms with Crippen LogP contribution < -0.4 is 5.32 Å². The number of anilines is 1. The third kappa shape index (κ3) is 6.18. The van der Waals surface area contributed by atoms with Gasteiger partial charge in [-0.2, -0.15) is 0 Å². The zero-order valence-electron chi connectivity index (χ0n) is 14.4. The zero-order valence-corrected chi connectivity index (χ0v) is 18.0. The first kappa shape index (κ1) is 22.6. The summed E-state index contributed by atoms with van der Waals surface area (Å²) < 4.78 is 4.90. The first-order valence-corrected chi connectivity index (χ1v) is 7.62. The van der Waals surface area contributed by atoms with Gasteiger partial charge in [0.25, 0.3) is 5.91 Å². The molecule has 0 bridgehead atoms. The van der Waals surface area contributed by atoms with Gasteiger partial charge in [-0.05, 0) is 18.6 Å². The Hall–Kier alpha value is -0.426. The summed E-state index contributed by atoms with van der Waals surface area (Å²) in [6.45, 7) is 3.85. The monoisotopic (exact) mass is 413 g/mol. The number of amides is 1. The smallest absolute Gasteiger partial charge is 0.339 e. The molecule has 0 aliphatic carbocycles. The number of hydrogen-bond donors (Lipinski definition) is 1. The normalized spacial score (nSPS) is 12.1. The van der Waals surface area contributed by atoms with Gasteiger partial charge in [-0.3, -0.25) is 4.79 Å². The molecule has 23 heavy (non-hydrogen) atoms. The number of nitrogens with one attached hydrogen (secondary N) is 1. The fourth-order valence-electron chi connectivity index (χ4n) is 2.32. The molecule has 1 radical (unpaired) electrons. The van der Waals surface area contributed by atoms with Gasteiger partial charge in [0.1, 0.15) is 0 Å². The van der Waals surface area contributed by atoms with Crippen molar-refractivity contribution in [2.45, 2.75) is 32.7 Å². The molecule has 0 aliphatic rings. The SMILES string of the molecule is CCCC(C(=O)Nc1c(C)cccc1C(=O)OC)[N+](C)(C)[S-].[Y]. The van der Waals surface area contributed by atoms with E-state index < -0.39 is 5.97 Å². The maximum Gasteiger partial charge on any atom is 0.339 e. The second-order valence-corrected chi connectivity index (χ2v) is 6.66. The van der Waals surface area contributed by atoms with Crippen molar-refractivity contribution in [2.75, 3.05) is 26.5 Å². The predicted molar refractivity (Wildman–Crippen MR) is 89.3 cm³/mol. The van der Waals surface area contributed by atoms with Gasteiger partial charge in [-0.1, -0.05) is 25.5 Å². The predicted octanol–water partition coefficient (Wildman–Crippen LogP) is 2.42. The molecule has 1 aromatic carbocycles. The third-order valence-corrected chi connectivity index (χ3v) is 3.80. The summed E-state index contributed by atoms with van der Waals surface area (Å²) in [5.74, 6) is -0.653. The van der Waals surface area contributed by atoms with Crippen LogP contribution in [0.1, 0.15) is 35.7 Å². The summed E-state index contributed by atoms with van der Waals surface area (Å²) in [4.78, 5) is 24.5. The second kappa shape index (κ2) is 9.77. The van der Waals surface area contributed by atoms with Crippen molar-refractivity contribution < 1.29 is 50.9 Å². The van der Waals surface area contributed by atoms with Crippen molar-refractivity contribution in [3.8, 4) is 0 Å². The fourth-order valence-corrected chi connectivity index (χ4v) is 2.52. The number of quaternary nitrogens is 1. The Kier molecular flexibility index (Phi) is 9.59. The van der Waals surface area contributed by atoms with E-state index >= 15 is 0 Å². The van der Waals surface area contributed by atoms with Crippen LogP contribution in [0.15, 0.2) is 18.2 Å². The standard InChI is InChI=1S/C16H24N2O3S.Y/c1-6-8-13(18(3,4)22)15(19)17-14-11(2)9-7-10-12(14)16(20)21-5;/h7,9-10,13H,6,8H2,1-5H3,(H,17,19);. The third-order valence-electron chi connectivity index (χ3n) is 3.54. The molecule has 1 aromatic rings. The van der Waals surface area contributed by atoms with Crippen molar-refractivity contribution in [2.24, 2.45) is 0 Å². The molecule has 0 aliphatic heterocycles. The summed E-state index contributed by atoms with van der Waals surface area (Å²) in [6.07, 6.45) is 1.54. The number of methoxy groups -OCH3 is 1. The van der Waals surface area contributed by atoms with Crippen LogP contribution in [-0.4, -0.2) is 43.0 Å². The van der Waals surface area contributed by atoms with E-state index in [1.807, 2.05) is 34.0 Å². The van der Waals surface area contributed by atoms with E-state index in [4.69, 9.17) is 17.6 Å². The van der Waals surface area contributed by atoms with Crippen LogP contribution in [0.2, 0.25) is 0 Å². The van der Waals surface area contributed by atoms with Crippen LogP contribution in [-0.2, 0) is 55.1 Å². The summed E-state index contributed by atoms with van der Waals surface area (Å²) in [6, 6.07) is 4.88. The van der Waals surface area contributed by atoms with Gasteiger partial charge < -0.3 is 26.8 Å². The van der Waals surface area contributed by atoms with Gasteiger partial charge in [-0.25, -0.2) is 4.79 Å². The number of aryl methyl sites for hydroxylation is 1. The average Bonchev–Trinajstić information content (AvgIpc) is 2.44. The van der Waals surface area contributed by atoms with Crippen LogP contribution >= 0.6 is 0 Å². The molecule has 125 valence electrons. The molecule has 0 aromatic heterocycles. The quantitative estimate of drug-likeness (QED) is 0.442. The van der Waals surface area contributed by atoms with Crippen molar-refractivity contribution in [3.05, 3.63) is 29.3 Å². The first-order valence-electron chi connectivity index (χ1n) is 7.25. The van der Waals surface area contributed by atoms with Gasteiger partial charge in [-0.15, -0.1) is 0 Å². The summed E-state index contributed by atoms with van der Waals surface area (Å²) in [5.41, 5.74) is 1.64. The largest absolute Gasteiger partial charge is 0.494 e. The van der Waals surface area contributed by atoms with Crippen LogP contribution in [0.4, 0.5) is 5.69 Å². The zero-order chi connectivity index (χ0) is 16.9. The Balaban J connectivity index is 0.00000484. The number of para-hydroxylation sites is 1. The molecule has 7 heteroatoms. The number of esters is 1. The van der Waals surface area contributed by atoms with Gasteiger partial charge in [0.2, 0.25) is 0 Å². The van der Waals surface area contributed by atoms with Gasteiger partial charge in [0, 0.05) is 39.1 Å². The minimum absolute atomic E-state index is 0. The number of rotatable bonds is 6. The Morgan fingerprint density at radius 3 is 2.43 bits per heavy atom. The van der Waals surface area contributed by atoms with E-state index in [-0.39, 0.29) is 48.5 Å². The molecule has 1 atom stereocenters. The topological polar surface area (TPSA) is 55.4 Å². The molecule has 0 heterocycles. The van der Waals surface area contributed by atoms with Crippen molar-refractivity contribution in [1.82, 2.24) is 0 Å². The molecule has 0 saturated carbocycles. The summed E-state index contributed by atoms with van der Waals surface area (Å²) in [5, 5.41) is 2.86. The Bertz CT molecular complexity index is 559. The van der Waals surface area contributed by atoms with E-state index in [0.717, 1.165) is 12.0 Å². The van der Waals surface area contributed by atoms with Gasteiger partial charge >= 0.3 is 5.97 Å². The van der Waals surface area contributed by atoms with Crippen LogP contribution in [0, 0.1) is 6.92 Å². The van der Waals surface area contributed by atoms with E-state index in [2.05, 4.69) is 5.32 Å². The van der Waals surface area contributed by atoms with Gasteiger partial charge in [0.05, 0.1) is 32.5 Å². The molecule has 1 amide bonds. The van der Waals surface area contributed by atoms with Crippen LogP contribution in [0.5, 0.6) is 0 Å². The van der Waals surface area contributed by atoms with Gasteiger partial charge in [0.15, 0.2) is 6.04 Å². The minimum Gasteiger partial charge on any atom is -0.494 e. The Morgan fingerprint density at radius 1 is 1.35 bits per heavy atom. The minimum atomic E-state index is -0.474. The number of ether oxygens (including phenoxy) is 1. The van der Waals surface area contributed by atoms with Crippen molar-refractivity contribution >= 4 is 30.4 Å². The molecular weight excluding hydrogens is 389 g/mol. The molecule has 5 nitrogen and oxygen atoms in total. The number of hydrogen-bond acceptors (Lipinski definition) is 4. The number of benzene rings is 1. The first-order chi connectivity index (χ1) is 10.2. The summed E-state index contributed by atoms with van der Waals surface area (Å²) in [7, 11) is 4.95. The number of likely N-dealkylation sites (N-methyl/N-ethyl adjacent to an activating group) is 1. The molecular formula is C16H24N2O3SY. The second-order valence-electron chi connectivity index (χ2n) is 5.72. The number of nitrogens with zero attached hydrogens (tertiary/aromatic N) is 1. The number of carbonyl (C=O) groups excluding carboxylic acids is 2. The Labute approximate surface area is 169 Å². The molecule has 0 saturated heterocycles. The van der Waals surface area contributed by atoms with Crippen LogP contribution in [0.3, 0.4) is 0 Å². The van der Waals surface area contributed by atoms with E-state index in [1.54, 1.807) is 12.1 Å². The van der Waals surface area contributed by atoms with Crippen molar-refractivity contribution in [3.63, 3.8) is 0 Å². The van der Waals surface area contributed by atoms with E-state index in [1.165, 1.54) is 7.11 Å². The average molecular weight is 413 g/mol. The van der Waals surface area contributed by atoms with E-state index in [9.17, 15) is 9.59 Å². The molecule has 1 rings (SSSR count). The molecule has 1 N–H and O–H groups in total.